The van der Waals surface area contributed by atoms with Crippen molar-refractivity contribution in [2.75, 3.05) is 6.61 Å². The third-order valence-corrected chi connectivity index (χ3v) is 5.72. The van der Waals surface area contributed by atoms with E-state index < -0.39 is 44.5 Å². The molecule has 0 aliphatic carbocycles. The number of halogens is 3. The van der Waals surface area contributed by atoms with Crippen LogP contribution in [0.4, 0.5) is 13.2 Å². The summed E-state index contributed by atoms with van der Waals surface area (Å²) >= 11 is 0. The van der Waals surface area contributed by atoms with Crippen molar-refractivity contribution in [1.29, 1.82) is 0 Å². The summed E-state index contributed by atoms with van der Waals surface area (Å²) in [7, 11) is -5.99. The maximum atomic E-state index is 13.3. The van der Waals surface area contributed by atoms with Crippen molar-refractivity contribution >= 4 is 26.9 Å². The normalized spacial score (nSPS) is 14.2. The third kappa shape index (κ3) is 6.63. The van der Waals surface area contributed by atoms with Gasteiger partial charge in [-0.1, -0.05) is 23.8 Å². The maximum absolute atomic E-state index is 13.3. The van der Waals surface area contributed by atoms with Crippen LogP contribution in [0.25, 0.3) is 10.8 Å². The van der Waals surface area contributed by atoms with Crippen molar-refractivity contribution in [2.45, 2.75) is 72.6 Å². The number of carbonyl (C=O) groups excluding carboxylic acids is 1. The zero-order valence-electron chi connectivity index (χ0n) is 20.6. The van der Waals surface area contributed by atoms with E-state index in [1.165, 1.54) is 6.07 Å². The van der Waals surface area contributed by atoms with Gasteiger partial charge in [0.2, 0.25) is 0 Å². The Morgan fingerprint density at radius 1 is 1.00 bits per heavy atom. The molecule has 0 fully saturated rings. The molecule has 0 saturated heterocycles. The van der Waals surface area contributed by atoms with Gasteiger partial charge in [-0.2, -0.15) is 21.6 Å². The molecule has 0 radical (unpaired) electrons. The fourth-order valence-corrected chi connectivity index (χ4v) is 3.74. The first-order valence-electron chi connectivity index (χ1n) is 10.6. The second kappa shape index (κ2) is 9.37. The Labute approximate surface area is 198 Å². The standard InChI is InChI=1S/C24H31F3O6S/c1-14-9-10-16-12-15(2)19(20(17(16)11-14)33-34(29,30)24(25,26)27)18(32-23(6,7)8)13-31-21(28)22(3,4)5/h9-12,18H,13H2,1-8H3/t18-/m0/s1. The summed E-state index contributed by atoms with van der Waals surface area (Å²) in [5.74, 6) is -1.05. The molecule has 0 bridgehead atoms. The predicted octanol–water partition coefficient (Wildman–Crippen LogP) is 6.13. The van der Waals surface area contributed by atoms with Crippen molar-refractivity contribution in [2.24, 2.45) is 5.41 Å². The fourth-order valence-electron chi connectivity index (χ4n) is 3.25. The highest BCUT2D eigenvalue weighted by Gasteiger charge is 2.49. The SMILES string of the molecule is Cc1ccc2cc(C)c([C@H](COC(=O)C(C)(C)C)OC(C)(C)C)c(OS(=O)(=O)C(F)(F)F)c2c1. The van der Waals surface area contributed by atoms with Crippen LogP contribution in [0.3, 0.4) is 0 Å². The van der Waals surface area contributed by atoms with Crippen LogP contribution >= 0.6 is 0 Å². The Bertz CT molecular complexity index is 1170. The van der Waals surface area contributed by atoms with Crippen molar-refractivity contribution in [3.63, 3.8) is 0 Å². The lowest BCUT2D eigenvalue weighted by molar-refractivity contribution is -0.162. The molecule has 2 aromatic rings. The van der Waals surface area contributed by atoms with Crippen LogP contribution in [0, 0.1) is 19.3 Å². The van der Waals surface area contributed by atoms with E-state index >= 15 is 0 Å². The second-order valence-electron chi connectivity index (χ2n) is 10.2. The molecule has 190 valence electrons. The molecule has 6 nitrogen and oxygen atoms in total. The molecule has 1 atom stereocenters. The largest absolute Gasteiger partial charge is 0.534 e. The second-order valence-corrected chi connectivity index (χ2v) is 11.7. The van der Waals surface area contributed by atoms with Crippen LogP contribution in [0.5, 0.6) is 5.75 Å². The predicted molar refractivity (Wildman–Crippen MR) is 123 cm³/mol. The highest BCUT2D eigenvalue weighted by molar-refractivity contribution is 7.88. The van der Waals surface area contributed by atoms with E-state index in [1.807, 2.05) is 0 Å². The Balaban J connectivity index is 2.79. The monoisotopic (exact) mass is 504 g/mol. The van der Waals surface area contributed by atoms with E-state index in [1.54, 1.807) is 73.6 Å². The van der Waals surface area contributed by atoms with E-state index in [4.69, 9.17) is 13.7 Å². The van der Waals surface area contributed by atoms with Crippen LogP contribution in [0.15, 0.2) is 24.3 Å². The van der Waals surface area contributed by atoms with Gasteiger partial charge >= 0.3 is 21.6 Å². The van der Waals surface area contributed by atoms with E-state index in [0.717, 1.165) is 0 Å². The zero-order chi connectivity index (χ0) is 26.3. The van der Waals surface area contributed by atoms with Crippen LogP contribution in [-0.4, -0.2) is 32.1 Å². The lowest BCUT2D eigenvalue weighted by Gasteiger charge is -2.31. The van der Waals surface area contributed by atoms with E-state index in [2.05, 4.69) is 0 Å². The minimum Gasteiger partial charge on any atom is -0.462 e. The molecule has 0 aromatic heterocycles. The molecule has 2 rings (SSSR count). The molecule has 0 saturated carbocycles. The van der Waals surface area contributed by atoms with Crippen molar-refractivity contribution < 1.29 is 40.0 Å². The molecule has 2 aromatic carbocycles. The van der Waals surface area contributed by atoms with Crippen molar-refractivity contribution in [1.82, 2.24) is 0 Å². The molecule has 10 heteroatoms. The zero-order valence-corrected chi connectivity index (χ0v) is 21.4. The fraction of sp³-hybridized carbons (Fsp3) is 0.542. The molecule has 0 heterocycles. The highest BCUT2D eigenvalue weighted by atomic mass is 32.2. The first kappa shape index (κ1) is 27.9. The summed E-state index contributed by atoms with van der Waals surface area (Å²) in [6.07, 6.45) is -1.10. The number of hydrogen-bond acceptors (Lipinski definition) is 6. The third-order valence-electron chi connectivity index (χ3n) is 4.77. The van der Waals surface area contributed by atoms with Gasteiger partial charge in [-0.15, -0.1) is 0 Å². The Morgan fingerprint density at radius 2 is 1.59 bits per heavy atom. The summed E-state index contributed by atoms with van der Waals surface area (Å²) < 4.78 is 80.1. The number of alkyl halides is 3. The van der Waals surface area contributed by atoms with Gasteiger partial charge in [-0.3, -0.25) is 4.79 Å². The molecule has 0 spiro atoms. The minimum absolute atomic E-state index is 0.0579. The highest BCUT2D eigenvalue weighted by Crippen LogP contribution is 2.42. The minimum atomic E-state index is -5.99. The van der Waals surface area contributed by atoms with Gasteiger partial charge in [0.15, 0.2) is 5.75 Å². The average Bonchev–Trinajstić information content (AvgIpc) is 2.63. The molecule has 34 heavy (non-hydrogen) atoms. The quantitative estimate of drug-likeness (QED) is 0.268. The Morgan fingerprint density at radius 3 is 2.09 bits per heavy atom. The summed E-state index contributed by atoms with van der Waals surface area (Å²) in [4.78, 5) is 12.4. The summed E-state index contributed by atoms with van der Waals surface area (Å²) in [6, 6.07) is 6.64. The number of ether oxygens (including phenoxy) is 2. The van der Waals surface area contributed by atoms with Gasteiger partial charge in [0.05, 0.1) is 11.0 Å². The van der Waals surface area contributed by atoms with Crippen LogP contribution in [0.2, 0.25) is 0 Å². The molecule has 0 amide bonds. The van der Waals surface area contributed by atoms with Crippen LogP contribution in [0.1, 0.15) is 64.3 Å². The van der Waals surface area contributed by atoms with Gasteiger partial charge in [0.1, 0.15) is 12.7 Å². The van der Waals surface area contributed by atoms with Crippen molar-refractivity contribution in [3.05, 3.63) is 41.0 Å². The summed E-state index contributed by atoms with van der Waals surface area (Å²) in [6.45, 7) is 13.1. The number of esters is 1. The number of rotatable bonds is 6. The molecule has 0 aliphatic rings. The summed E-state index contributed by atoms with van der Waals surface area (Å²) in [5, 5.41) is 0.651. The number of aryl methyl sites for hydroxylation is 2. The van der Waals surface area contributed by atoms with Gasteiger partial charge in [-0.05, 0) is 72.4 Å². The molecular formula is C24H31F3O6S. The average molecular weight is 505 g/mol. The number of benzene rings is 2. The molecule has 0 aliphatic heterocycles. The first-order chi connectivity index (χ1) is 15.2. The Kier molecular flexibility index (Phi) is 7.69. The van der Waals surface area contributed by atoms with E-state index in [-0.39, 0.29) is 17.6 Å². The topological polar surface area (TPSA) is 78.9 Å². The van der Waals surface area contributed by atoms with E-state index in [0.29, 0.717) is 16.5 Å². The molecular weight excluding hydrogens is 473 g/mol. The number of hydrogen-bond donors (Lipinski definition) is 0. The first-order valence-corrected chi connectivity index (χ1v) is 12.0. The van der Waals surface area contributed by atoms with Gasteiger partial charge in [-0.25, -0.2) is 0 Å². The number of fused-ring (bicyclic) bond motifs is 1. The molecule has 0 N–H and O–H groups in total. The van der Waals surface area contributed by atoms with Crippen LogP contribution < -0.4 is 4.18 Å². The smallest absolute Gasteiger partial charge is 0.462 e. The van der Waals surface area contributed by atoms with Gasteiger partial charge < -0.3 is 13.7 Å². The van der Waals surface area contributed by atoms with Crippen LogP contribution in [-0.2, 0) is 24.4 Å². The van der Waals surface area contributed by atoms with E-state index in [9.17, 15) is 26.4 Å². The molecule has 0 unspecified atom stereocenters. The number of carbonyl (C=O) groups is 1. The summed E-state index contributed by atoms with van der Waals surface area (Å²) in [5.41, 5.74) is -6.12. The van der Waals surface area contributed by atoms with Gasteiger partial charge in [0.25, 0.3) is 0 Å². The lowest BCUT2D eigenvalue weighted by atomic mass is 9.95. The van der Waals surface area contributed by atoms with Crippen molar-refractivity contribution in [3.8, 4) is 5.75 Å². The lowest BCUT2D eigenvalue weighted by Crippen LogP contribution is -2.31. The van der Waals surface area contributed by atoms with Gasteiger partial charge in [0, 0.05) is 10.9 Å². The Hall–Kier alpha value is -2.33. The maximum Gasteiger partial charge on any atom is 0.534 e.